The predicted molar refractivity (Wildman–Crippen MR) is 116 cm³/mol. The number of ether oxygens (including phenoxy) is 2. The monoisotopic (exact) mass is 422 g/mol. The Balaban J connectivity index is 1.68. The van der Waals surface area contributed by atoms with Gasteiger partial charge in [0.15, 0.2) is 11.6 Å². The van der Waals surface area contributed by atoms with Gasteiger partial charge in [-0.2, -0.15) is 5.10 Å². The summed E-state index contributed by atoms with van der Waals surface area (Å²) >= 11 is 0. The van der Waals surface area contributed by atoms with Crippen molar-refractivity contribution >= 4 is 5.78 Å². The number of hydrogen-bond donors (Lipinski definition) is 0. The number of ketones is 1. The molecule has 9 heteroatoms. The van der Waals surface area contributed by atoms with Crippen LogP contribution in [0.4, 0.5) is 0 Å². The first-order chi connectivity index (χ1) is 15.0. The number of benzene rings is 1. The zero-order valence-electron chi connectivity index (χ0n) is 18.1. The van der Waals surface area contributed by atoms with Crippen LogP contribution in [0.5, 0.6) is 5.75 Å². The van der Waals surface area contributed by atoms with E-state index in [1.165, 1.54) is 6.33 Å². The Hall–Kier alpha value is -3.46. The van der Waals surface area contributed by atoms with Gasteiger partial charge in [-0.15, -0.1) is 0 Å². The zero-order chi connectivity index (χ0) is 22.0. The van der Waals surface area contributed by atoms with Gasteiger partial charge in [-0.3, -0.25) is 4.79 Å². The van der Waals surface area contributed by atoms with E-state index in [-0.39, 0.29) is 11.9 Å². The largest absolute Gasteiger partial charge is 0.491 e. The average molecular weight is 422 g/mol. The van der Waals surface area contributed by atoms with Gasteiger partial charge in [0.25, 0.3) is 0 Å². The normalized spacial score (nSPS) is 13.9. The molecule has 0 amide bonds. The van der Waals surface area contributed by atoms with E-state index >= 15 is 0 Å². The molecule has 0 saturated carbocycles. The quantitative estimate of drug-likeness (QED) is 0.427. The molecule has 1 aliphatic rings. The van der Waals surface area contributed by atoms with E-state index in [2.05, 4.69) is 10.1 Å². The van der Waals surface area contributed by atoms with Gasteiger partial charge in [0, 0.05) is 45.2 Å². The number of fused-ring (bicyclic) bond motifs is 3. The maximum Gasteiger partial charge on any atom is 0.187 e. The fraction of sp³-hybridized carbons (Fsp3) is 0.364. The van der Waals surface area contributed by atoms with Crippen LogP contribution in [0.15, 0.2) is 43.0 Å². The number of methoxy groups -OCH3 is 1. The molecule has 1 atom stereocenters. The second-order valence-electron chi connectivity index (χ2n) is 7.66. The third-order valence-corrected chi connectivity index (χ3v) is 5.07. The molecule has 3 aromatic rings. The minimum absolute atomic E-state index is 0.00696. The third kappa shape index (κ3) is 4.36. The lowest BCUT2D eigenvalue weighted by molar-refractivity contribution is 0.100. The molecule has 31 heavy (non-hydrogen) atoms. The van der Waals surface area contributed by atoms with E-state index < -0.39 is 0 Å². The standard InChI is InChI=1S/C22H26N6O3/c1-15(30-4)12-28-22(23-14-24-28)18-13-27-9-10-31-20-11-16(19(29)7-8-26(2)3)5-6-17(20)21(27)25-18/h5-8,11,13-15H,9-10,12H2,1-4H3. The minimum atomic E-state index is -0.0752. The molecule has 0 aliphatic carbocycles. The smallest absolute Gasteiger partial charge is 0.187 e. The van der Waals surface area contributed by atoms with Gasteiger partial charge in [0.2, 0.25) is 0 Å². The van der Waals surface area contributed by atoms with Crippen LogP contribution >= 0.6 is 0 Å². The molecule has 1 unspecified atom stereocenters. The maximum absolute atomic E-state index is 12.5. The molecule has 3 heterocycles. The Labute approximate surface area is 180 Å². The van der Waals surface area contributed by atoms with Gasteiger partial charge < -0.3 is 18.9 Å². The summed E-state index contributed by atoms with van der Waals surface area (Å²) in [5.74, 6) is 2.04. The fourth-order valence-electron chi connectivity index (χ4n) is 3.37. The molecule has 0 N–H and O–H groups in total. The van der Waals surface area contributed by atoms with Gasteiger partial charge >= 0.3 is 0 Å². The molecule has 0 bridgehead atoms. The maximum atomic E-state index is 12.5. The Kier molecular flexibility index (Phi) is 5.85. The number of rotatable bonds is 7. The molecule has 1 aromatic carbocycles. The number of allylic oxidation sites excluding steroid dienone is 1. The Morgan fingerprint density at radius 3 is 2.97 bits per heavy atom. The molecule has 0 spiro atoms. The van der Waals surface area contributed by atoms with E-state index in [0.29, 0.717) is 36.8 Å². The van der Waals surface area contributed by atoms with Crippen LogP contribution in [0.3, 0.4) is 0 Å². The van der Waals surface area contributed by atoms with E-state index in [1.807, 2.05) is 42.7 Å². The first-order valence-corrected chi connectivity index (χ1v) is 10.1. The van der Waals surface area contributed by atoms with Crippen molar-refractivity contribution in [1.29, 1.82) is 0 Å². The first-order valence-electron chi connectivity index (χ1n) is 10.1. The number of hydrogen-bond acceptors (Lipinski definition) is 7. The van der Waals surface area contributed by atoms with Gasteiger partial charge in [0.05, 0.1) is 24.8 Å². The Bertz CT molecular complexity index is 1110. The van der Waals surface area contributed by atoms with Crippen molar-refractivity contribution in [2.45, 2.75) is 26.1 Å². The number of carbonyl (C=O) groups is 1. The zero-order valence-corrected chi connectivity index (χ0v) is 18.1. The molecule has 0 saturated heterocycles. The lowest BCUT2D eigenvalue weighted by Gasteiger charge is -2.10. The molecule has 2 aromatic heterocycles. The van der Waals surface area contributed by atoms with Crippen LogP contribution in [-0.4, -0.2) is 68.9 Å². The van der Waals surface area contributed by atoms with Crippen molar-refractivity contribution in [1.82, 2.24) is 29.2 Å². The first kappa shape index (κ1) is 20.8. The Morgan fingerprint density at radius 2 is 2.19 bits per heavy atom. The van der Waals surface area contributed by atoms with E-state index in [0.717, 1.165) is 17.1 Å². The van der Waals surface area contributed by atoms with Crippen LogP contribution in [0.1, 0.15) is 17.3 Å². The van der Waals surface area contributed by atoms with Gasteiger partial charge in [-0.05, 0) is 19.1 Å². The highest BCUT2D eigenvalue weighted by Gasteiger charge is 2.22. The van der Waals surface area contributed by atoms with Crippen molar-refractivity contribution in [3.05, 3.63) is 48.6 Å². The SMILES string of the molecule is COC(C)Cn1ncnc1-c1cn2c(n1)-c1ccc(C(=O)C=CN(C)C)cc1OCC2. The van der Waals surface area contributed by atoms with Gasteiger partial charge in [-0.1, -0.05) is 6.07 Å². The van der Waals surface area contributed by atoms with Crippen molar-refractivity contribution in [2.75, 3.05) is 27.8 Å². The molecular formula is C22H26N6O3. The van der Waals surface area contributed by atoms with Crippen molar-refractivity contribution in [2.24, 2.45) is 0 Å². The number of carbonyl (C=O) groups excluding carboxylic acids is 1. The van der Waals surface area contributed by atoms with E-state index in [1.54, 1.807) is 36.2 Å². The number of aromatic nitrogens is 5. The minimum Gasteiger partial charge on any atom is -0.491 e. The van der Waals surface area contributed by atoms with Crippen molar-refractivity contribution in [3.8, 4) is 28.7 Å². The van der Waals surface area contributed by atoms with Crippen LogP contribution in [0, 0.1) is 0 Å². The second kappa shape index (κ2) is 8.73. The van der Waals surface area contributed by atoms with E-state index in [4.69, 9.17) is 14.5 Å². The summed E-state index contributed by atoms with van der Waals surface area (Å²) in [7, 11) is 5.42. The summed E-state index contributed by atoms with van der Waals surface area (Å²) in [5.41, 5.74) is 2.15. The van der Waals surface area contributed by atoms with Crippen molar-refractivity contribution < 1.29 is 14.3 Å². The van der Waals surface area contributed by atoms with E-state index in [9.17, 15) is 4.79 Å². The number of imidazole rings is 1. The van der Waals surface area contributed by atoms with Gasteiger partial charge in [0.1, 0.15) is 30.2 Å². The predicted octanol–water partition coefficient (Wildman–Crippen LogP) is 2.49. The Morgan fingerprint density at radius 1 is 1.35 bits per heavy atom. The molecular weight excluding hydrogens is 396 g/mol. The lowest BCUT2D eigenvalue weighted by atomic mass is 10.1. The summed E-state index contributed by atoms with van der Waals surface area (Å²) in [4.78, 5) is 23.5. The molecule has 0 radical (unpaired) electrons. The molecule has 162 valence electrons. The summed E-state index contributed by atoms with van der Waals surface area (Å²) in [6, 6.07) is 5.47. The number of nitrogens with zero attached hydrogens (tertiary/aromatic N) is 6. The summed E-state index contributed by atoms with van der Waals surface area (Å²) < 4.78 is 15.1. The van der Waals surface area contributed by atoms with Crippen molar-refractivity contribution in [3.63, 3.8) is 0 Å². The molecule has 9 nitrogen and oxygen atoms in total. The highest BCUT2D eigenvalue weighted by atomic mass is 16.5. The third-order valence-electron chi connectivity index (χ3n) is 5.07. The molecule has 0 fully saturated rings. The van der Waals surface area contributed by atoms with Crippen LogP contribution in [0.2, 0.25) is 0 Å². The summed E-state index contributed by atoms with van der Waals surface area (Å²) in [6.45, 7) is 3.69. The molecule has 4 rings (SSSR count). The average Bonchev–Trinajstić information content (AvgIpc) is 3.35. The highest BCUT2D eigenvalue weighted by molar-refractivity contribution is 6.05. The van der Waals surface area contributed by atoms with Crippen LogP contribution in [-0.2, 0) is 17.8 Å². The highest BCUT2D eigenvalue weighted by Crippen LogP contribution is 2.34. The summed E-state index contributed by atoms with van der Waals surface area (Å²) in [6.07, 6.45) is 6.77. The van der Waals surface area contributed by atoms with Crippen LogP contribution < -0.4 is 4.74 Å². The lowest BCUT2D eigenvalue weighted by Crippen LogP contribution is -2.16. The molecule has 1 aliphatic heterocycles. The van der Waals surface area contributed by atoms with Crippen LogP contribution in [0.25, 0.3) is 22.9 Å². The topological polar surface area (TPSA) is 87.3 Å². The summed E-state index contributed by atoms with van der Waals surface area (Å²) in [5, 5.41) is 4.31. The second-order valence-corrected chi connectivity index (χ2v) is 7.66. The van der Waals surface area contributed by atoms with Gasteiger partial charge in [-0.25, -0.2) is 14.6 Å². The fourth-order valence-corrected chi connectivity index (χ4v) is 3.37.